The van der Waals surface area contributed by atoms with Crippen LogP contribution in [0.3, 0.4) is 0 Å². The molecule has 3 heteroatoms. The molecule has 0 spiro atoms. The highest BCUT2D eigenvalue weighted by Crippen LogP contribution is 2.11. The number of hydrogen-bond donors (Lipinski definition) is 1. The molecule has 1 N–H and O–H groups in total. The van der Waals surface area contributed by atoms with Crippen LogP contribution in [0.5, 0.6) is 0 Å². The first kappa shape index (κ1) is 11.4. The van der Waals surface area contributed by atoms with Gasteiger partial charge in [-0.1, -0.05) is 0 Å². The van der Waals surface area contributed by atoms with E-state index in [1.54, 1.807) is 0 Å². The van der Waals surface area contributed by atoms with Crippen LogP contribution in [0.25, 0.3) is 0 Å². The number of unbranched alkanes of at least 4 members (excludes halogenated alkanes) is 1. The fraction of sp³-hybridized carbons (Fsp3) is 0.545. The minimum absolute atomic E-state index is 1.05. The molecule has 0 aliphatic rings. The molecule has 1 aromatic heterocycles. The largest absolute Gasteiger partial charge is 0.384 e. The van der Waals surface area contributed by atoms with Crippen LogP contribution in [0.4, 0.5) is 5.69 Å². The number of hydrogen-bond acceptors (Lipinski definition) is 3. The van der Waals surface area contributed by atoms with E-state index in [0.717, 1.165) is 12.2 Å². The highest BCUT2D eigenvalue weighted by Gasteiger charge is 1.95. The Labute approximate surface area is 90.5 Å². The van der Waals surface area contributed by atoms with Gasteiger partial charge < -0.3 is 5.32 Å². The van der Waals surface area contributed by atoms with Gasteiger partial charge in [-0.2, -0.15) is 11.8 Å². The van der Waals surface area contributed by atoms with E-state index in [1.807, 2.05) is 30.2 Å². The van der Waals surface area contributed by atoms with Gasteiger partial charge in [0.2, 0.25) is 0 Å². The molecule has 0 saturated carbocycles. The Kier molecular flexibility index (Phi) is 5.45. The van der Waals surface area contributed by atoms with Crippen molar-refractivity contribution in [2.75, 3.05) is 23.9 Å². The number of aromatic nitrogens is 1. The Morgan fingerprint density at radius 1 is 1.43 bits per heavy atom. The van der Waals surface area contributed by atoms with Crippen LogP contribution < -0.4 is 5.32 Å². The standard InChI is InChI=1S/C11H18N2S/c1-10-5-7-12-9-11(10)13-6-3-4-8-14-2/h5,7,9,13H,3-4,6,8H2,1-2H3. The van der Waals surface area contributed by atoms with Gasteiger partial charge in [0.25, 0.3) is 0 Å². The Morgan fingerprint density at radius 2 is 2.29 bits per heavy atom. The smallest absolute Gasteiger partial charge is 0.0556 e. The Hall–Kier alpha value is -0.700. The van der Waals surface area contributed by atoms with Gasteiger partial charge in [-0.3, -0.25) is 4.98 Å². The quantitative estimate of drug-likeness (QED) is 0.731. The lowest BCUT2D eigenvalue weighted by Crippen LogP contribution is -2.03. The predicted molar refractivity (Wildman–Crippen MR) is 65.1 cm³/mol. The number of anilines is 1. The number of aryl methyl sites for hydroxylation is 1. The van der Waals surface area contributed by atoms with Crippen molar-refractivity contribution >= 4 is 17.4 Å². The summed E-state index contributed by atoms with van der Waals surface area (Å²) in [6, 6.07) is 2.03. The van der Waals surface area contributed by atoms with Crippen LogP contribution in [0.15, 0.2) is 18.5 Å². The lowest BCUT2D eigenvalue weighted by atomic mass is 10.2. The Morgan fingerprint density at radius 3 is 3.00 bits per heavy atom. The first-order chi connectivity index (χ1) is 6.84. The molecule has 0 bridgehead atoms. The summed E-state index contributed by atoms with van der Waals surface area (Å²) in [7, 11) is 0. The molecular formula is C11H18N2S. The zero-order chi connectivity index (χ0) is 10.2. The van der Waals surface area contributed by atoms with Crippen molar-refractivity contribution in [3.8, 4) is 0 Å². The molecule has 14 heavy (non-hydrogen) atoms. The molecule has 0 aliphatic carbocycles. The van der Waals surface area contributed by atoms with E-state index in [1.165, 1.54) is 24.2 Å². The molecule has 0 atom stereocenters. The first-order valence-corrected chi connectivity index (χ1v) is 6.37. The summed E-state index contributed by atoms with van der Waals surface area (Å²) < 4.78 is 0. The van der Waals surface area contributed by atoms with Gasteiger partial charge in [-0.15, -0.1) is 0 Å². The molecule has 2 nitrogen and oxygen atoms in total. The van der Waals surface area contributed by atoms with E-state index in [0.29, 0.717) is 0 Å². The molecular weight excluding hydrogens is 192 g/mol. The van der Waals surface area contributed by atoms with Gasteiger partial charge in [0.15, 0.2) is 0 Å². The van der Waals surface area contributed by atoms with Crippen molar-refractivity contribution in [1.29, 1.82) is 0 Å². The second-order valence-corrected chi connectivity index (χ2v) is 4.30. The number of nitrogens with one attached hydrogen (secondary N) is 1. The van der Waals surface area contributed by atoms with Crippen molar-refractivity contribution in [2.24, 2.45) is 0 Å². The zero-order valence-corrected chi connectivity index (χ0v) is 9.73. The average Bonchev–Trinajstić information content (AvgIpc) is 2.20. The molecule has 1 aromatic rings. The second kappa shape index (κ2) is 6.71. The third-order valence-corrected chi connectivity index (χ3v) is 2.83. The monoisotopic (exact) mass is 210 g/mol. The van der Waals surface area contributed by atoms with Crippen molar-refractivity contribution in [3.63, 3.8) is 0 Å². The summed E-state index contributed by atoms with van der Waals surface area (Å²) in [6.07, 6.45) is 8.39. The number of nitrogens with zero attached hydrogens (tertiary/aromatic N) is 1. The molecule has 0 unspecified atom stereocenters. The molecule has 1 heterocycles. The normalized spacial score (nSPS) is 10.1. The van der Waals surface area contributed by atoms with Crippen molar-refractivity contribution in [2.45, 2.75) is 19.8 Å². The van der Waals surface area contributed by atoms with E-state index in [2.05, 4.69) is 23.5 Å². The van der Waals surface area contributed by atoms with Gasteiger partial charge >= 0.3 is 0 Å². The summed E-state index contributed by atoms with van der Waals surface area (Å²) in [6.45, 7) is 3.15. The van der Waals surface area contributed by atoms with E-state index >= 15 is 0 Å². The van der Waals surface area contributed by atoms with Gasteiger partial charge in [0.1, 0.15) is 0 Å². The lowest BCUT2D eigenvalue weighted by Gasteiger charge is -2.07. The predicted octanol–water partition coefficient (Wildman–Crippen LogP) is 2.95. The van der Waals surface area contributed by atoms with E-state index in [9.17, 15) is 0 Å². The summed E-state index contributed by atoms with van der Waals surface area (Å²) in [4.78, 5) is 4.09. The average molecular weight is 210 g/mol. The van der Waals surface area contributed by atoms with Crippen LogP contribution in [0, 0.1) is 6.92 Å². The Bertz CT molecular complexity index is 263. The minimum Gasteiger partial charge on any atom is -0.384 e. The molecule has 0 radical (unpaired) electrons. The maximum Gasteiger partial charge on any atom is 0.0556 e. The fourth-order valence-corrected chi connectivity index (χ4v) is 1.74. The number of thioether (sulfide) groups is 1. The molecule has 0 fully saturated rings. The van der Waals surface area contributed by atoms with Gasteiger partial charge in [0.05, 0.1) is 11.9 Å². The fourth-order valence-electron chi connectivity index (χ4n) is 1.24. The number of pyridine rings is 1. The summed E-state index contributed by atoms with van der Waals surface area (Å²) in [5.74, 6) is 1.26. The third kappa shape index (κ3) is 4.01. The molecule has 0 aliphatic heterocycles. The van der Waals surface area contributed by atoms with Gasteiger partial charge in [-0.05, 0) is 43.4 Å². The maximum absolute atomic E-state index is 4.09. The second-order valence-electron chi connectivity index (χ2n) is 3.32. The summed E-state index contributed by atoms with van der Waals surface area (Å²) in [5, 5.41) is 3.40. The van der Waals surface area contributed by atoms with Crippen molar-refractivity contribution in [3.05, 3.63) is 24.0 Å². The summed E-state index contributed by atoms with van der Waals surface area (Å²) >= 11 is 1.91. The van der Waals surface area contributed by atoms with Crippen molar-refractivity contribution in [1.82, 2.24) is 4.98 Å². The van der Waals surface area contributed by atoms with E-state index in [4.69, 9.17) is 0 Å². The summed E-state index contributed by atoms with van der Waals surface area (Å²) in [5.41, 5.74) is 2.43. The van der Waals surface area contributed by atoms with Gasteiger partial charge in [0, 0.05) is 12.7 Å². The zero-order valence-electron chi connectivity index (χ0n) is 8.92. The highest BCUT2D eigenvalue weighted by molar-refractivity contribution is 7.98. The third-order valence-electron chi connectivity index (χ3n) is 2.13. The van der Waals surface area contributed by atoms with Crippen LogP contribution >= 0.6 is 11.8 Å². The van der Waals surface area contributed by atoms with E-state index in [-0.39, 0.29) is 0 Å². The SMILES string of the molecule is CSCCCCNc1cnccc1C. The van der Waals surface area contributed by atoms with Crippen LogP contribution in [0.2, 0.25) is 0 Å². The Balaban J connectivity index is 2.21. The van der Waals surface area contributed by atoms with Crippen LogP contribution in [-0.2, 0) is 0 Å². The molecule has 78 valence electrons. The topological polar surface area (TPSA) is 24.9 Å². The van der Waals surface area contributed by atoms with Gasteiger partial charge in [-0.25, -0.2) is 0 Å². The minimum atomic E-state index is 1.05. The van der Waals surface area contributed by atoms with Crippen molar-refractivity contribution < 1.29 is 0 Å². The van der Waals surface area contributed by atoms with E-state index < -0.39 is 0 Å². The lowest BCUT2D eigenvalue weighted by molar-refractivity contribution is 0.842. The number of rotatable bonds is 6. The van der Waals surface area contributed by atoms with Crippen LogP contribution in [-0.4, -0.2) is 23.5 Å². The van der Waals surface area contributed by atoms with Crippen LogP contribution in [0.1, 0.15) is 18.4 Å². The molecule has 0 aromatic carbocycles. The molecule has 1 rings (SSSR count). The first-order valence-electron chi connectivity index (χ1n) is 4.98. The highest BCUT2D eigenvalue weighted by atomic mass is 32.2. The molecule has 0 amide bonds. The molecule has 0 saturated heterocycles. The maximum atomic E-state index is 4.09.